The molecule has 0 aliphatic rings. The van der Waals surface area contributed by atoms with Crippen LogP contribution in [0.25, 0.3) is 10.8 Å². The summed E-state index contributed by atoms with van der Waals surface area (Å²) in [6.07, 6.45) is 2.78. The Bertz CT molecular complexity index is 723. The lowest BCUT2D eigenvalue weighted by molar-refractivity contribution is -0.118. The number of carbonyl (C=O) groups is 1. The van der Waals surface area contributed by atoms with Crippen LogP contribution in [-0.4, -0.2) is 17.7 Å². The van der Waals surface area contributed by atoms with Crippen molar-refractivity contribution in [2.75, 3.05) is 11.9 Å². The molecular weight excluding hydrogens is 256 g/mol. The highest BCUT2D eigenvalue weighted by molar-refractivity contribution is 5.91. The van der Waals surface area contributed by atoms with Crippen molar-refractivity contribution in [3.8, 4) is 5.75 Å². The molecule has 0 aliphatic carbocycles. The zero-order valence-electron chi connectivity index (χ0n) is 10.6. The van der Waals surface area contributed by atoms with E-state index >= 15 is 0 Å². The highest BCUT2D eigenvalue weighted by Gasteiger charge is 2.05. The van der Waals surface area contributed by atoms with E-state index < -0.39 is 0 Å². The summed E-state index contributed by atoms with van der Waals surface area (Å²) in [7, 11) is 0. The highest BCUT2D eigenvalue weighted by atomic mass is 16.5. The van der Waals surface area contributed by atoms with E-state index in [0.717, 1.165) is 10.8 Å². The molecule has 20 heavy (non-hydrogen) atoms. The van der Waals surface area contributed by atoms with Gasteiger partial charge in [0.05, 0.1) is 6.20 Å². The van der Waals surface area contributed by atoms with Crippen molar-refractivity contribution in [2.45, 2.75) is 0 Å². The van der Waals surface area contributed by atoms with Crippen LogP contribution < -0.4 is 10.1 Å². The lowest BCUT2D eigenvalue weighted by Crippen LogP contribution is -2.19. The van der Waals surface area contributed by atoms with Gasteiger partial charge >= 0.3 is 0 Å². The Kier molecular flexibility index (Phi) is 3.33. The lowest BCUT2D eigenvalue weighted by Gasteiger charge is -2.07. The fourth-order valence-electron chi connectivity index (χ4n) is 1.87. The van der Waals surface area contributed by atoms with E-state index in [1.807, 2.05) is 42.5 Å². The Morgan fingerprint density at radius 1 is 1.20 bits per heavy atom. The number of nitrogens with one attached hydrogen (secondary N) is 1. The minimum absolute atomic E-state index is 0.0660. The first-order valence-electron chi connectivity index (χ1n) is 6.12. The number of benzene rings is 2. The molecule has 1 aromatic heterocycles. The SMILES string of the molecule is O=C(COc1ccc2ccccc2c1)Nc1cnoc1. The van der Waals surface area contributed by atoms with Crippen LogP contribution in [0.4, 0.5) is 5.69 Å². The van der Waals surface area contributed by atoms with E-state index in [1.54, 1.807) is 0 Å². The summed E-state index contributed by atoms with van der Waals surface area (Å²) >= 11 is 0. The zero-order valence-corrected chi connectivity index (χ0v) is 10.6. The Hall–Kier alpha value is -2.82. The molecule has 1 amide bonds. The first kappa shape index (κ1) is 12.2. The second-order valence-electron chi connectivity index (χ2n) is 4.26. The molecule has 0 saturated carbocycles. The smallest absolute Gasteiger partial charge is 0.262 e. The number of ether oxygens (including phenoxy) is 1. The molecule has 2 aromatic carbocycles. The average Bonchev–Trinajstić information content (AvgIpc) is 2.98. The molecule has 0 bridgehead atoms. The summed E-state index contributed by atoms with van der Waals surface area (Å²) in [5.41, 5.74) is 0.511. The number of carbonyl (C=O) groups excluding carboxylic acids is 1. The number of anilines is 1. The maximum Gasteiger partial charge on any atom is 0.262 e. The van der Waals surface area contributed by atoms with Gasteiger partial charge in [0.1, 0.15) is 17.7 Å². The summed E-state index contributed by atoms with van der Waals surface area (Å²) < 4.78 is 10.1. The van der Waals surface area contributed by atoms with Gasteiger partial charge in [0.2, 0.25) is 0 Å². The molecule has 5 nitrogen and oxygen atoms in total. The summed E-state index contributed by atoms with van der Waals surface area (Å²) in [4.78, 5) is 11.6. The quantitative estimate of drug-likeness (QED) is 0.790. The molecule has 0 fully saturated rings. The molecule has 0 atom stereocenters. The van der Waals surface area contributed by atoms with Crippen molar-refractivity contribution in [1.29, 1.82) is 0 Å². The predicted octanol–water partition coefficient (Wildman–Crippen LogP) is 2.85. The van der Waals surface area contributed by atoms with Gasteiger partial charge in [0.15, 0.2) is 6.61 Å². The number of fused-ring (bicyclic) bond motifs is 1. The molecular formula is C15H12N2O3. The normalized spacial score (nSPS) is 10.4. The maximum atomic E-state index is 11.6. The summed E-state index contributed by atoms with van der Waals surface area (Å²) in [6, 6.07) is 13.7. The molecule has 1 N–H and O–H groups in total. The van der Waals surface area contributed by atoms with Gasteiger partial charge in [-0.25, -0.2) is 0 Å². The Balaban J connectivity index is 1.63. The van der Waals surface area contributed by atoms with Crippen LogP contribution >= 0.6 is 0 Å². The van der Waals surface area contributed by atoms with E-state index in [4.69, 9.17) is 4.74 Å². The van der Waals surface area contributed by atoms with Gasteiger partial charge in [-0.2, -0.15) is 0 Å². The Morgan fingerprint density at radius 2 is 2.05 bits per heavy atom. The van der Waals surface area contributed by atoms with Crippen molar-refractivity contribution in [1.82, 2.24) is 5.16 Å². The average molecular weight is 268 g/mol. The molecule has 1 heterocycles. The minimum atomic E-state index is -0.263. The molecule has 5 heteroatoms. The fraction of sp³-hybridized carbons (Fsp3) is 0.0667. The lowest BCUT2D eigenvalue weighted by atomic mass is 10.1. The van der Waals surface area contributed by atoms with Crippen LogP contribution in [0.1, 0.15) is 0 Å². The predicted molar refractivity (Wildman–Crippen MR) is 74.6 cm³/mol. The Morgan fingerprint density at radius 3 is 2.85 bits per heavy atom. The van der Waals surface area contributed by atoms with Crippen molar-refractivity contribution >= 4 is 22.4 Å². The molecule has 3 aromatic rings. The van der Waals surface area contributed by atoms with Crippen molar-refractivity contribution in [2.24, 2.45) is 0 Å². The van der Waals surface area contributed by atoms with Crippen LogP contribution in [0, 0.1) is 0 Å². The third-order valence-corrected chi connectivity index (χ3v) is 2.81. The van der Waals surface area contributed by atoms with Gasteiger partial charge in [-0.3, -0.25) is 4.79 Å². The van der Waals surface area contributed by atoms with Crippen molar-refractivity contribution < 1.29 is 14.1 Å². The molecule has 0 aliphatic heterocycles. The van der Waals surface area contributed by atoms with Crippen LogP contribution in [0.15, 0.2) is 59.4 Å². The number of aromatic nitrogens is 1. The van der Waals surface area contributed by atoms with Gasteiger partial charge in [0, 0.05) is 0 Å². The van der Waals surface area contributed by atoms with Crippen LogP contribution in [0.3, 0.4) is 0 Å². The number of nitrogens with zero attached hydrogens (tertiary/aromatic N) is 1. The molecule has 100 valence electrons. The van der Waals surface area contributed by atoms with E-state index in [2.05, 4.69) is 15.0 Å². The van der Waals surface area contributed by atoms with E-state index in [-0.39, 0.29) is 12.5 Å². The number of rotatable bonds is 4. The standard InChI is InChI=1S/C15H12N2O3/c18-15(17-13-8-16-20-9-13)10-19-14-6-5-11-3-1-2-4-12(11)7-14/h1-9H,10H2,(H,17,18). The van der Waals surface area contributed by atoms with E-state index in [9.17, 15) is 4.79 Å². The van der Waals surface area contributed by atoms with Crippen molar-refractivity contribution in [3.05, 3.63) is 54.9 Å². The summed E-state index contributed by atoms with van der Waals surface area (Å²) in [5.74, 6) is 0.394. The third-order valence-electron chi connectivity index (χ3n) is 2.81. The molecule has 0 saturated heterocycles. The number of hydrogen-bond donors (Lipinski definition) is 1. The van der Waals surface area contributed by atoms with E-state index in [1.165, 1.54) is 12.5 Å². The molecule has 3 rings (SSSR count). The van der Waals surface area contributed by atoms with Crippen LogP contribution in [0.5, 0.6) is 5.75 Å². The molecule has 0 spiro atoms. The fourth-order valence-corrected chi connectivity index (χ4v) is 1.87. The number of amides is 1. The van der Waals surface area contributed by atoms with Gasteiger partial charge in [0.25, 0.3) is 5.91 Å². The van der Waals surface area contributed by atoms with Gasteiger partial charge in [-0.15, -0.1) is 0 Å². The summed E-state index contributed by atoms with van der Waals surface area (Å²) in [5, 5.41) is 8.31. The molecule has 0 radical (unpaired) electrons. The van der Waals surface area contributed by atoms with Gasteiger partial charge in [-0.05, 0) is 22.9 Å². The van der Waals surface area contributed by atoms with Crippen LogP contribution in [0.2, 0.25) is 0 Å². The Labute approximate surface area is 115 Å². The first-order valence-corrected chi connectivity index (χ1v) is 6.12. The highest BCUT2D eigenvalue weighted by Crippen LogP contribution is 2.20. The summed E-state index contributed by atoms with van der Waals surface area (Å²) in [6.45, 7) is -0.0660. The van der Waals surface area contributed by atoms with Crippen LogP contribution in [-0.2, 0) is 4.79 Å². The minimum Gasteiger partial charge on any atom is -0.484 e. The largest absolute Gasteiger partial charge is 0.484 e. The number of hydrogen-bond acceptors (Lipinski definition) is 4. The second-order valence-corrected chi connectivity index (χ2v) is 4.26. The monoisotopic (exact) mass is 268 g/mol. The first-order chi connectivity index (χ1) is 9.81. The third kappa shape index (κ3) is 2.77. The molecule has 0 unspecified atom stereocenters. The van der Waals surface area contributed by atoms with Gasteiger partial charge < -0.3 is 14.6 Å². The maximum absolute atomic E-state index is 11.6. The van der Waals surface area contributed by atoms with E-state index in [0.29, 0.717) is 11.4 Å². The topological polar surface area (TPSA) is 64.4 Å². The second kappa shape index (κ2) is 5.44. The zero-order chi connectivity index (χ0) is 13.8. The van der Waals surface area contributed by atoms with Gasteiger partial charge in [-0.1, -0.05) is 35.5 Å². The van der Waals surface area contributed by atoms with Crippen molar-refractivity contribution in [3.63, 3.8) is 0 Å².